The van der Waals surface area contributed by atoms with Gasteiger partial charge in [-0.1, -0.05) is 11.3 Å². The molecular formula is C19H16F3N7OS. The van der Waals surface area contributed by atoms with Gasteiger partial charge in [-0.25, -0.2) is 19.9 Å². The predicted molar refractivity (Wildman–Crippen MR) is 109 cm³/mol. The van der Waals surface area contributed by atoms with E-state index in [1.165, 1.54) is 17.7 Å². The van der Waals surface area contributed by atoms with Crippen LogP contribution in [-0.2, 0) is 6.18 Å². The molecule has 0 saturated heterocycles. The van der Waals surface area contributed by atoms with Crippen LogP contribution in [0.4, 0.5) is 19.0 Å². The molecule has 0 aliphatic carbocycles. The highest BCUT2D eigenvalue weighted by Gasteiger charge is 2.34. The van der Waals surface area contributed by atoms with Crippen molar-refractivity contribution in [2.45, 2.75) is 26.1 Å². The van der Waals surface area contributed by atoms with E-state index < -0.39 is 18.0 Å². The molecule has 1 atom stereocenters. The fraction of sp³-hybridized carbons (Fsp3) is 0.263. The van der Waals surface area contributed by atoms with Gasteiger partial charge in [0.05, 0.1) is 13.2 Å². The minimum atomic E-state index is -4.59. The molecule has 1 aromatic carbocycles. The summed E-state index contributed by atoms with van der Waals surface area (Å²) in [6.07, 6.45) is -0.911. The zero-order chi connectivity index (χ0) is 22.2. The fourth-order valence-corrected chi connectivity index (χ4v) is 3.62. The van der Waals surface area contributed by atoms with Gasteiger partial charge in [-0.05, 0) is 26.0 Å². The van der Waals surface area contributed by atoms with E-state index in [0.29, 0.717) is 28.0 Å². The standard InChI is InChI=1S/C19H16F3N7OS/c1-9(12-6-23-18(24-7-12)19(20,21)22)27-16-13-4-11(17-29-28-10(2)31-17)5-14(30-3)15(13)25-8-26-16/h4-9H,1-3H3,(H,25,26,27). The highest BCUT2D eigenvalue weighted by molar-refractivity contribution is 7.14. The van der Waals surface area contributed by atoms with Gasteiger partial charge in [-0.2, -0.15) is 13.2 Å². The average Bonchev–Trinajstić information content (AvgIpc) is 3.19. The number of rotatable bonds is 5. The lowest BCUT2D eigenvalue weighted by molar-refractivity contribution is -0.145. The van der Waals surface area contributed by atoms with E-state index in [2.05, 4.69) is 35.5 Å². The van der Waals surface area contributed by atoms with Gasteiger partial charge in [0.1, 0.15) is 33.4 Å². The molecule has 0 fully saturated rings. The molecule has 160 valence electrons. The molecule has 1 unspecified atom stereocenters. The molecule has 0 aliphatic rings. The third kappa shape index (κ3) is 4.24. The van der Waals surface area contributed by atoms with Crippen LogP contribution in [0, 0.1) is 6.92 Å². The Morgan fingerprint density at radius 2 is 1.81 bits per heavy atom. The molecule has 0 radical (unpaired) electrons. The Labute approximate surface area is 178 Å². The van der Waals surface area contributed by atoms with Crippen LogP contribution in [0.2, 0.25) is 0 Å². The number of aromatic nitrogens is 6. The van der Waals surface area contributed by atoms with E-state index in [4.69, 9.17) is 4.74 Å². The first kappa shape index (κ1) is 20.8. The summed E-state index contributed by atoms with van der Waals surface area (Å²) in [5.41, 5.74) is 1.85. The van der Waals surface area contributed by atoms with Crippen LogP contribution in [0.15, 0.2) is 30.9 Å². The maximum absolute atomic E-state index is 12.7. The number of nitrogens with zero attached hydrogens (tertiary/aromatic N) is 6. The summed E-state index contributed by atoms with van der Waals surface area (Å²) in [6, 6.07) is 3.28. The molecule has 0 amide bonds. The van der Waals surface area contributed by atoms with Crippen molar-refractivity contribution in [3.8, 4) is 16.3 Å². The maximum Gasteiger partial charge on any atom is 0.451 e. The first-order chi connectivity index (χ1) is 14.8. The van der Waals surface area contributed by atoms with E-state index in [9.17, 15) is 13.2 Å². The van der Waals surface area contributed by atoms with Crippen molar-refractivity contribution >= 4 is 28.1 Å². The van der Waals surface area contributed by atoms with E-state index in [1.54, 1.807) is 14.0 Å². The number of ether oxygens (including phenoxy) is 1. The fourth-order valence-electron chi connectivity index (χ4n) is 2.94. The lowest BCUT2D eigenvalue weighted by Crippen LogP contribution is -2.14. The van der Waals surface area contributed by atoms with Gasteiger partial charge in [0, 0.05) is 28.9 Å². The van der Waals surface area contributed by atoms with E-state index in [1.807, 2.05) is 19.1 Å². The molecular weight excluding hydrogens is 431 g/mol. The van der Waals surface area contributed by atoms with Crippen LogP contribution in [0.25, 0.3) is 21.5 Å². The summed E-state index contributed by atoms with van der Waals surface area (Å²) < 4.78 is 43.6. The minimum absolute atomic E-state index is 0.418. The van der Waals surface area contributed by atoms with E-state index >= 15 is 0 Å². The van der Waals surface area contributed by atoms with Gasteiger partial charge in [0.25, 0.3) is 0 Å². The normalized spacial score (nSPS) is 12.7. The molecule has 4 aromatic rings. The first-order valence-corrected chi connectivity index (χ1v) is 9.87. The van der Waals surface area contributed by atoms with Crippen molar-refractivity contribution in [2.24, 2.45) is 0 Å². The molecule has 3 aromatic heterocycles. The SMILES string of the molecule is COc1cc(-c2nnc(C)s2)cc2c(NC(C)c3cnc(C(F)(F)F)nc3)ncnc12. The lowest BCUT2D eigenvalue weighted by atomic mass is 10.1. The van der Waals surface area contributed by atoms with Crippen LogP contribution in [0.1, 0.15) is 29.4 Å². The average molecular weight is 447 g/mol. The van der Waals surface area contributed by atoms with Gasteiger partial charge in [0.15, 0.2) is 0 Å². The Hall–Kier alpha value is -3.41. The molecule has 8 nitrogen and oxygen atoms in total. The third-order valence-electron chi connectivity index (χ3n) is 4.48. The number of benzene rings is 1. The van der Waals surface area contributed by atoms with Crippen LogP contribution in [-0.4, -0.2) is 37.2 Å². The molecule has 0 bridgehead atoms. The minimum Gasteiger partial charge on any atom is -0.494 e. The number of hydrogen-bond acceptors (Lipinski definition) is 9. The second kappa shape index (κ2) is 8.02. The van der Waals surface area contributed by atoms with Gasteiger partial charge < -0.3 is 10.1 Å². The Kier molecular flexibility index (Phi) is 5.39. The van der Waals surface area contributed by atoms with Crippen LogP contribution in [0.3, 0.4) is 0 Å². The second-order valence-electron chi connectivity index (χ2n) is 6.63. The number of nitrogens with one attached hydrogen (secondary N) is 1. The number of fused-ring (bicyclic) bond motifs is 1. The molecule has 0 saturated carbocycles. The van der Waals surface area contributed by atoms with Crippen molar-refractivity contribution in [3.63, 3.8) is 0 Å². The smallest absolute Gasteiger partial charge is 0.451 e. The van der Waals surface area contributed by atoms with Crippen molar-refractivity contribution < 1.29 is 17.9 Å². The van der Waals surface area contributed by atoms with E-state index in [0.717, 1.165) is 28.0 Å². The number of aryl methyl sites for hydroxylation is 1. The third-order valence-corrected chi connectivity index (χ3v) is 5.36. The number of alkyl halides is 3. The molecule has 3 heterocycles. The number of halogens is 3. The first-order valence-electron chi connectivity index (χ1n) is 9.05. The molecule has 0 aliphatic heterocycles. The Morgan fingerprint density at radius 1 is 1.06 bits per heavy atom. The zero-order valence-corrected chi connectivity index (χ0v) is 17.4. The summed E-state index contributed by atoms with van der Waals surface area (Å²) in [5, 5.41) is 13.6. The van der Waals surface area contributed by atoms with Crippen LogP contribution >= 0.6 is 11.3 Å². The van der Waals surface area contributed by atoms with E-state index in [-0.39, 0.29) is 0 Å². The number of anilines is 1. The molecule has 1 N–H and O–H groups in total. The zero-order valence-electron chi connectivity index (χ0n) is 16.6. The molecule has 0 spiro atoms. The lowest BCUT2D eigenvalue weighted by Gasteiger charge is -2.17. The highest BCUT2D eigenvalue weighted by Crippen LogP contribution is 2.36. The highest BCUT2D eigenvalue weighted by atomic mass is 32.1. The number of hydrogen-bond donors (Lipinski definition) is 1. The Balaban J connectivity index is 1.71. The summed E-state index contributed by atoms with van der Waals surface area (Å²) in [6.45, 7) is 3.64. The second-order valence-corrected chi connectivity index (χ2v) is 7.81. The van der Waals surface area contributed by atoms with Crippen molar-refractivity contribution in [1.29, 1.82) is 0 Å². The van der Waals surface area contributed by atoms with Gasteiger partial charge >= 0.3 is 6.18 Å². The summed E-state index contributed by atoms with van der Waals surface area (Å²) in [4.78, 5) is 15.5. The largest absolute Gasteiger partial charge is 0.494 e. The number of methoxy groups -OCH3 is 1. The van der Waals surface area contributed by atoms with Crippen LogP contribution < -0.4 is 10.1 Å². The van der Waals surface area contributed by atoms with Gasteiger partial charge in [-0.15, -0.1) is 10.2 Å². The van der Waals surface area contributed by atoms with Gasteiger partial charge in [0.2, 0.25) is 5.82 Å². The Bertz CT molecular complexity index is 1230. The van der Waals surface area contributed by atoms with Crippen molar-refractivity contribution in [2.75, 3.05) is 12.4 Å². The summed E-state index contributed by atoms with van der Waals surface area (Å²) in [5.74, 6) is -0.159. The van der Waals surface area contributed by atoms with Gasteiger partial charge in [-0.3, -0.25) is 0 Å². The topological polar surface area (TPSA) is 98.6 Å². The van der Waals surface area contributed by atoms with Crippen molar-refractivity contribution in [3.05, 3.63) is 47.2 Å². The monoisotopic (exact) mass is 447 g/mol. The van der Waals surface area contributed by atoms with Crippen molar-refractivity contribution in [1.82, 2.24) is 30.1 Å². The molecule has 31 heavy (non-hydrogen) atoms. The molecule has 12 heteroatoms. The maximum atomic E-state index is 12.7. The molecule has 4 rings (SSSR count). The quantitative estimate of drug-likeness (QED) is 0.479. The predicted octanol–water partition coefficient (Wildman–Crippen LogP) is 4.45. The summed E-state index contributed by atoms with van der Waals surface area (Å²) in [7, 11) is 1.54. The summed E-state index contributed by atoms with van der Waals surface area (Å²) >= 11 is 1.44. The Morgan fingerprint density at radius 3 is 2.42 bits per heavy atom. The van der Waals surface area contributed by atoms with Crippen LogP contribution in [0.5, 0.6) is 5.75 Å².